The fourth-order valence-electron chi connectivity index (χ4n) is 2.79. The molecule has 0 aromatic heterocycles. The van der Waals surface area contributed by atoms with Crippen LogP contribution < -0.4 is 5.73 Å². The molecule has 1 atom stereocenters. The molecule has 0 aromatic rings. The van der Waals surface area contributed by atoms with Crippen LogP contribution in [-0.2, 0) is 0 Å². The smallest absolute Gasteiger partial charge is 0.0170 e. The predicted octanol–water partition coefficient (Wildman–Crippen LogP) is 2.48. The summed E-state index contributed by atoms with van der Waals surface area (Å²) in [6, 6.07) is 0.358. The molecule has 1 aliphatic rings. The standard InChI is InChI=1S/C13H28N2/c1-11(2)8-13(14)10-15(3)9-12-6-4-5-7-12/h11-13H,4-10,14H2,1-3H3. The van der Waals surface area contributed by atoms with E-state index in [2.05, 4.69) is 25.8 Å². The van der Waals surface area contributed by atoms with Gasteiger partial charge in [0.15, 0.2) is 0 Å². The molecule has 0 spiro atoms. The number of nitrogens with two attached hydrogens (primary N) is 1. The number of rotatable bonds is 6. The van der Waals surface area contributed by atoms with Crippen LogP contribution in [0.4, 0.5) is 0 Å². The van der Waals surface area contributed by atoms with Crippen molar-refractivity contribution in [3.63, 3.8) is 0 Å². The van der Waals surface area contributed by atoms with Crippen LogP contribution in [0.5, 0.6) is 0 Å². The van der Waals surface area contributed by atoms with E-state index in [9.17, 15) is 0 Å². The monoisotopic (exact) mass is 212 g/mol. The van der Waals surface area contributed by atoms with E-state index in [1.165, 1.54) is 32.2 Å². The van der Waals surface area contributed by atoms with E-state index in [0.29, 0.717) is 6.04 Å². The van der Waals surface area contributed by atoms with Crippen molar-refractivity contribution in [2.24, 2.45) is 17.6 Å². The van der Waals surface area contributed by atoms with Gasteiger partial charge in [0.25, 0.3) is 0 Å². The Morgan fingerprint density at radius 1 is 1.27 bits per heavy atom. The molecule has 0 amide bonds. The molecule has 0 radical (unpaired) electrons. The van der Waals surface area contributed by atoms with E-state index in [4.69, 9.17) is 5.73 Å². The topological polar surface area (TPSA) is 29.3 Å². The van der Waals surface area contributed by atoms with Gasteiger partial charge < -0.3 is 10.6 Å². The van der Waals surface area contributed by atoms with E-state index < -0.39 is 0 Å². The van der Waals surface area contributed by atoms with Gasteiger partial charge in [-0.05, 0) is 38.1 Å². The van der Waals surface area contributed by atoms with Gasteiger partial charge in [-0.25, -0.2) is 0 Å². The van der Waals surface area contributed by atoms with Crippen LogP contribution >= 0.6 is 0 Å². The van der Waals surface area contributed by atoms with E-state index in [-0.39, 0.29) is 0 Å². The first-order valence-electron chi connectivity index (χ1n) is 6.52. The first kappa shape index (κ1) is 13.0. The van der Waals surface area contributed by atoms with E-state index >= 15 is 0 Å². The van der Waals surface area contributed by atoms with Gasteiger partial charge in [-0.1, -0.05) is 26.7 Å². The summed E-state index contributed by atoms with van der Waals surface area (Å²) in [5.74, 6) is 1.67. The minimum atomic E-state index is 0.358. The average molecular weight is 212 g/mol. The van der Waals surface area contributed by atoms with Crippen molar-refractivity contribution in [3.05, 3.63) is 0 Å². The lowest BCUT2D eigenvalue weighted by molar-refractivity contribution is 0.253. The molecule has 0 bridgehead atoms. The first-order chi connectivity index (χ1) is 7.08. The maximum Gasteiger partial charge on any atom is 0.0170 e. The third-order valence-corrected chi connectivity index (χ3v) is 3.36. The normalized spacial score (nSPS) is 20.4. The predicted molar refractivity (Wildman–Crippen MR) is 66.9 cm³/mol. The number of nitrogens with zero attached hydrogens (tertiary/aromatic N) is 1. The molecule has 1 rings (SSSR count). The zero-order chi connectivity index (χ0) is 11.3. The minimum absolute atomic E-state index is 0.358. The second-order valence-electron chi connectivity index (χ2n) is 5.76. The van der Waals surface area contributed by atoms with Crippen LogP contribution in [0.2, 0.25) is 0 Å². The molecule has 0 aromatic carbocycles. The van der Waals surface area contributed by atoms with Gasteiger partial charge in [0.05, 0.1) is 0 Å². The molecule has 0 aliphatic heterocycles. The van der Waals surface area contributed by atoms with Crippen LogP contribution in [-0.4, -0.2) is 31.1 Å². The zero-order valence-corrected chi connectivity index (χ0v) is 10.7. The number of likely N-dealkylation sites (N-methyl/N-ethyl adjacent to an activating group) is 1. The SMILES string of the molecule is CC(C)CC(N)CN(C)CC1CCCC1. The summed E-state index contributed by atoms with van der Waals surface area (Å²) in [7, 11) is 2.22. The Labute approximate surface area is 95.2 Å². The first-order valence-corrected chi connectivity index (χ1v) is 6.52. The second-order valence-corrected chi connectivity index (χ2v) is 5.76. The lowest BCUT2D eigenvalue weighted by Crippen LogP contribution is -2.38. The second kappa shape index (κ2) is 6.49. The van der Waals surface area contributed by atoms with E-state index in [0.717, 1.165) is 24.8 Å². The van der Waals surface area contributed by atoms with Crippen LogP contribution in [0.15, 0.2) is 0 Å². The third-order valence-electron chi connectivity index (χ3n) is 3.36. The largest absolute Gasteiger partial charge is 0.327 e. The molecule has 1 unspecified atom stereocenters. The third kappa shape index (κ3) is 5.53. The molecular weight excluding hydrogens is 184 g/mol. The fourth-order valence-corrected chi connectivity index (χ4v) is 2.79. The molecular formula is C13H28N2. The van der Waals surface area contributed by atoms with Crippen molar-refractivity contribution < 1.29 is 0 Å². The molecule has 2 N–H and O–H groups in total. The van der Waals surface area contributed by atoms with Gasteiger partial charge >= 0.3 is 0 Å². The highest BCUT2D eigenvalue weighted by Crippen LogP contribution is 2.25. The summed E-state index contributed by atoms with van der Waals surface area (Å²) in [5, 5.41) is 0. The summed E-state index contributed by atoms with van der Waals surface area (Å²) in [6.45, 7) is 6.81. The van der Waals surface area contributed by atoms with Gasteiger partial charge in [-0.2, -0.15) is 0 Å². The van der Waals surface area contributed by atoms with Gasteiger partial charge in [-0.15, -0.1) is 0 Å². The molecule has 1 fully saturated rings. The lowest BCUT2D eigenvalue weighted by atomic mass is 10.0. The molecule has 2 heteroatoms. The van der Waals surface area contributed by atoms with E-state index in [1.807, 2.05) is 0 Å². The molecule has 0 heterocycles. The summed E-state index contributed by atoms with van der Waals surface area (Å²) in [5.41, 5.74) is 6.11. The van der Waals surface area contributed by atoms with Crippen molar-refractivity contribution >= 4 is 0 Å². The fraction of sp³-hybridized carbons (Fsp3) is 1.00. The van der Waals surface area contributed by atoms with Crippen LogP contribution in [0, 0.1) is 11.8 Å². The maximum absolute atomic E-state index is 6.11. The van der Waals surface area contributed by atoms with Crippen LogP contribution in [0.1, 0.15) is 46.0 Å². The Hall–Kier alpha value is -0.0800. The molecule has 1 saturated carbocycles. The summed E-state index contributed by atoms with van der Waals surface area (Å²) < 4.78 is 0. The van der Waals surface area contributed by atoms with Crippen LogP contribution in [0.25, 0.3) is 0 Å². The summed E-state index contributed by atoms with van der Waals surface area (Å²) in [6.07, 6.45) is 6.90. The molecule has 0 saturated heterocycles. The van der Waals surface area contributed by atoms with Gasteiger partial charge in [0, 0.05) is 19.1 Å². The molecule has 2 nitrogen and oxygen atoms in total. The van der Waals surface area contributed by atoms with E-state index in [1.54, 1.807) is 0 Å². The lowest BCUT2D eigenvalue weighted by Gasteiger charge is -2.24. The Kier molecular flexibility index (Phi) is 5.62. The zero-order valence-electron chi connectivity index (χ0n) is 10.7. The highest BCUT2D eigenvalue weighted by atomic mass is 15.1. The number of hydrogen-bond donors (Lipinski definition) is 1. The van der Waals surface area contributed by atoms with Gasteiger partial charge in [0.1, 0.15) is 0 Å². The Balaban J connectivity index is 2.13. The van der Waals surface area contributed by atoms with Crippen molar-refractivity contribution in [2.75, 3.05) is 20.1 Å². The highest BCUT2D eigenvalue weighted by Gasteiger charge is 2.17. The highest BCUT2D eigenvalue weighted by molar-refractivity contribution is 4.73. The number of hydrogen-bond acceptors (Lipinski definition) is 2. The average Bonchev–Trinajstić information content (AvgIpc) is 2.53. The molecule has 1 aliphatic carbocycles. The van der Waals surface area contributed by atoms with Crippen molar-refractivity contribution in [2.45, 2.75) is 52.0 Å². The molecule has 15 heavy (non-hydrogen) atoms. The van der Waals surface area contributed by atoms with Crippen molar-refractivity contribution in [3.8, 4) is 0 Å². The molecule has 90 valence electrons. The van der Waals surface area contributed by atoms with Gasteiger partial charge in [-0.3, -0.25) is 0 Å². The summed E-state index contributed by atoms with van der Waals surface area (Å²) in [4.78, 5) is 2.43. The van der Waals surface area contributed by atoms with Crippen LogP contribution in [0.3, 0.4) is 0 Å². The van der Waals surface area contributed by atoms with Gasteiger partial charge in [0.2, 0.25) is 0 Å². The van der Waals surface area contributed by atoms with Crippen molar-refractivity contribution in [1.29, 1.82) is 0 Å². The van der Waals surface area contributed by atoms with Crippen molar-refractivity contribution in [1.82, 2.24) is 4.90 Å². The quantitative estimate of drug-likeness (QED) is 0.733. The Bertz CT molecular complexity index is 162. The summed E-state index contributed by atoms with van der Waals surface area (Å²) >= 11 is 0. The Morgan fingerprint density at radius 3 is 2.40 bits per heavy atom. The maximum atomic E-state index is 6.11. The Morgan fingerprint density at radius 2 is 1.87 bits per heavy atom. The minimum Gasteiger partial charge on any atom is -0.327 e.